The fraction of sp³-hybridized carbons (Fsp3) is 0.684. The maximum Gasteiger partial charge on any atom is 0.294 e. The predicted octanol–water partition coefficient (Wildman–Crippen LogP) is 6.03. The van der Waals surface area contributed by atoms with E-state index in [4.69, 9.17) is 0 Å². The van der Waals surface area contributed by atoms with Crippen molar-refractivity contribution < 1.29 is 13.0 Å². The number of hydrogen-bond donors (Lipinski definition) is 1. The van der Waals surface area contributed by atoms with Gasteiger partial charge < -0.3 is 0 Å². The van der Waals surface area contributed by atoms with Gasteiger partial charge in [-0.05, 0) is 24.5 Å². The highest BCUT2D eigenvalue weighted by Gasteiger charge is 2.13. The zero-order chi connectivity index (χ0) is 16.3. The summed E-state index contributed by atoms with van der Waals surface area (Å²) in [7, 11) is -4.10. The molecule has 0 saturated heterocycles. The molecule has 0 fully saturated rings. The molecule has 1 rings (SSSR count). The first-order valence-corrected chi connectivity index (χ1v) is 10.0. The summed E-state index contributed by atoms with van der Waals surface area (Å²) in [4.78, 5) is 0.0610. The molecule has 23 heavy (non-hydrogen) atoms. The molecular weight excluding hydrogens is 308 g/mol. The first-order chi connectivity index (χ1) is 10.6. The van der Waals surface area contributed by atoms with Gasteiger partial charge in [0.15, 0.2) is 0 Å². The van der Waals surface area contributed by atoms with Crippen LogP contribution in [0.4, 0.5) is 0 Å². The molecule has 0 aliphatic carbocycles. The molecule has 0 unspecified atom stereocenters. The smallest absolute Gasteiger partial charge is 0.282 e. The molecule has 0 atom stereocenters. The predicted molar refractivity (Wildman–Crippen MR) is 98.5 cm³/mol. The van der Waals surface area contributed by atoms with E-state index < -0.39 is 10.1 Å². The molecule has 0 radical (unpaired) electrons. The summed E-state index contributed by atoms with van der Waals surface area (Å²) in [5, 5.41) is 0. The minimum Gasteiger partial charge on any atom is -0.282 e. The summed E-state index contributed by atoms with van der Waals surface area (Å²) < 4.78 is 31.8. The normalized spacial score (nSPS) is 11.2. The van der Waals surface area contributed by atoms with E-state index in [1.54, 1.807) is 12.1 Å². The lowest BCUT2D eigenvalue weighted by atomic mass is 10.0. The third-order valence-corrected chi connectivity index (χ3v) is 5.00. The molecule has 0 aliphatic heterocycles. The van der Waals surface area contributed by atoms with Gasteiger partial charge in [0.1, 0.15) is 0 Å². The summed E-state index contributed by atoms with van der Waals surface area (Å²) in [5.41, 5.74) is 0.726. The second-order valence-electron chi connectivity index (χ2n) is 6.01. The average Bonchev–Trinajstić information content (AvgIpc) is 2.48. The molecule has 0 saturated carbocycles. The fourth-order valence-corrected chi connectivity index (χ4v) is 3.52. The van der Waals surface area contributed by atoms with E-state index >= 15 is 0 Å². The number of unbranched alkanes of at least 4 members (excludes halogenated alkanes) is 9. The summed E-state index contributed by atoms with van der Waals surface area (Å²) in [6, 6.07) is 6.73. The third-order valence-electron chi connectivity index (χ3n) is 4.05. The Bertz CT molecular complexity index is 509. The highest BCUT2D eigenvalue weighted by Crippen LogP contribution is 2.18. The Morgan fingerprint density at radius 1 is 0.826 bits per heavy atom. The van der Waals surface area contributed by atoms with Gasteiger partial charge in [-0.2, -0.15) is 8.42 Å². The molecule has 0 heterocycles. The van der Waals surface area contributed by atoms with Crippen LogP contribution in [-0.2, 0) is 16.5 Å². The monoisotopic (exact) mass is 342 g/mol. The third kappa shape index (κ3) is 9.77. The lowest BCUT2D eigenvalue weighted by Gasteiger charge is -2.07. The quantitative estimate of drug-likeness (QED) is 0.372. The zero-order valence-corrected chi connectivity index (χ0v) is 14.6. The SMILES string of the molecule is C.CCCCCCCCCCCCc1ccccc1S(=O)(=O)O. The van der Waals surface area contributed by atoms with Gasteiger partial charge in [-0.15, -0.1) is 0 Å². The van der Waals surface area contributed by atoms with Crippen LogP contribution in [0.3, 0.4) is 0 Å². The van der Waals surface area contributed by atoms with E-state index in [9.17, 15) is 13.0 Å². The Kier molecular flexibility index (Phi) is 12.1. The highest BCUT2D eigenvalue weighted by molar-refractivity contribution is 7.85. The summed E-state index contributed by atoms with van der Waals surface area (Å²) >= 11 is 0. The molecule has 134 valence electrons. The van der Waals surface area contributed by atoms with Crippen molar-refractivity contribution in [2.45, 2.75) is 89.9 Å². The molecular formula is C19H34O3S. The van der Waals surface area contributed by atoms with E-state index in [1.165, 1.54) is 57.4 Å². The Labute approximate surface area is 143 Å². The van der Waals surface area contributed by atoms with Gasteiger partial charge >= 0.3 is 0 Å². The van der Waals surface area contributed by atoms with Crippen molar-refractivity contribution in [1.82, 2.24) is 0 Å². The Balaban J connectivity index is 0.00000484. The van der Waals surface area contributed by atoms with Crippen molar-refractivity contribution >= 4 is 10.1 Å². The molecule has 3 nitrogen and oxygen atoms in total. The van der Waals surface area contributed by atoms with Gasteiger partial charge in [-0.25, -0.2) is 0 Å². The van der Waals surface area contributed by atoms with Gasteiger partial charge in [0.05, 0.1) is 4.90 Å². The first-order valence-electron chi connectivity index (χ1n) is 8.61. The molecule has 0 amide bonds. The van der Waals surface area contributed by atoms with Gasteiger partial charge in [-0.3, -0.25) is 4.55 Å². The van der Waals surface area contributed by atoms with Crippen LogP contribution in [-0.4, -0.2) is 13.0 Å². The van der Waals surface area contributed by atoms with Gasteiger partial charge in [0.25, 0.3) is 10.1 Å². The number of rotatable bonds is 12. The maximum absolute atomic E-state index is 11.3. The summed E-state index contributed by atoms with van der Waals surface area (Å²) in [5.74, 6) is 0. The molecule has 1 N–H and O–H groups in total. The van der Waals surface area contributed by atoms with Crippen molar-refractivity contribution in [3.63, 3.8) is 0 Å². The Hall–Kier alpha value is -0.870. The Morgan fingerprint density at radius 2 is 1.30 bits per heavy atom. The van der Waals surface area contributed by atoms with Crippen LogP contribution in [0.5, 0.6) is 0 Å². The lowest BCUT2D eigenvalue weighted by Crippen LogP contribution is -2.03. The molecule has 4 heteroatoms. The van der Waals surface area contributed by atoms with Crippen molar-refractivity contribution in [2.75, 3.05) is 0 Å². The van der Waals surface area contributed by atoms with Gasteiger partial charge in [-0.1, -0.05) is 90.3 Å². The molecule has 1 aromatic rings. The second kappa shape index (κ2) is 12.5. The first kappa shape index (κ1) is 22.1. The van der Waals surface area contributed by atoms with E-state index in [-0.39, 0.29) is 12.3 Å². The van der Waals surface area contributed by atoms with Crippen molar-refractivity contribution in [2.24, 2.45) is 0 Å². The second-order valence-corrected chi connectivity index (χ2v) is 7.40. The fourth-order valence-electron chi connectivity index (χ4n) is 2.76. The number of hydrogen-bond acceptors (Lipinski definition) is 2. The van der Waals surface area contributed by atoms with Gasteiger partial charge in [0.2, 0.25) is 0 Å². The van der Waals surface area contributed by atoms with Crippen LogP contribution in [0.1, 0.15) is 84.1 Å². The zero-order valence-electron chi connectivity index (χ0n) is 13.8. The highest BCUT2D eigenvalue weighted by atomic mass is 32.2. The van der Waals surface area contributed by atoms with Crippen LogP contribution >= 0.6 is 0 Å². The minimum absolute atomic E-state index is 0. The molecule has 1 aromatic carbocycles. The van der Waals surface area contributed by atoms with Crippen LogP contribution in [0.25, 0.3) is 0 Å². The standard InChI is InChI=1S/C18H30O3S.CH4/c1-2-3-4-5-6-7-8-9-10-11-14-17-15-12-13-16-18(17)22(19,20)21;/h12-13,15-16H,2-11,14H2,1H3,(H,19,20,21);1H4. The van der Waals surface area contributed by atoms with Crippen molar-refractivity contribution in [3.05, 3.63) is 29.8 Å². The molecule has 0 aliphatic rings. The van der Waals surface area contributed by atoms with Crippen LogP contribution < -0.4 is 0 Å². The van der Waals surface area contributed by atoms with Crippen molar-refractivity contribution in [1.29, 1.82) is 0 Å². The van der Waals surface area contributed by atoms with Gasteiger partial charge in [0, 0.05) is 0 Å². The summed E-state index contributed by atoms with van der Waals surface area (Å²) in [6.07, 6.45) is 13.3. The maximum atomic E-state index is 11.3. The number of benzene rings is 1. The summed E-state index contributed by atoms with van der Waals surface area (Å²) in [6.45, 7) is 2.24. The Morgan fingerprint density at radius 3 is 1.83 bits per heavy atom. The van der Waals surface area contributed by atoms with E-state index in [1.807, 2.05) is 6.07 Å². The van der Waals surface area contributed by atoms with Crippen LogP contribution in [0, 0.1) is 0 Å². The largest absolute Gasteiger partial charge is 0.294 e. The van der Waals surface area contributed by atoms with E-state index in [0.29, 0.717) is 6.42 Å². The molecule has 0 aromatic heterocycles. The topological polar surface area (TPSA) is 54.4 Å². The average molecular weight is 343 g/mol. The van der Waals surface area contributed by atoms with E-state index in [2.05, 4.69) is 6.92 Å². The molecule has 0 spiro atoms. The van der Waals surface area contributed by atoms with Crippen LogP contribution in [0.2, 0.25) is 0 Å². The van der Waals surface area contributed by atoms with E-state index in [0.717, 1.165) is 18.4 Å². The minimum atomic E-state index is -4.10. The number of aryl methyl sites for hydroxylation is 1. The van der Waals surface area contributed by atoms with Crippen LogP contribution in [0.15, 0.2) is 29.2 Å². The lowest BCUT2D eigenvalue weighted by molar-refractivity contribution is 0.481. The van der Waals surface area contributed by atoms with Crippen molar-refractivity contribution in [3.8, 4) is 0 Å². The molecule has 0 bridgehead atoms.